The molecule has 2 N–H and O–H groups in total. The van der Waals surface area contributed by atoms with Crippen molar-refractivity contribution >= 4 is 17.3 Å². The van der Waals surface area contributed by atoms with Gasteiger partial charge in [0.1, 0.15) is 18.2 Å². The molecule has 0 heterocycles. The van der Waals surface area contributed by atoms with E-state index in [0.29, 0.717) is 22.0 Å². The number of nitrogens with two attached hydrogens (primary N) is 1. The van der Waals surface area contributed by atoms with Crippen LogP contribution in [0, 0.1) is 12.7 Å². The van der Waals surface area contributed by atoms with Crippen LogP contribution < -0.4 is 10.5 Å². The predicted molar refractivity (Wildman–Crippen MR) is 71.3 cm³/mol. The minimum Gasteiger partial charge on any atom is -0.489 e. The van der Waals surface area contributed by atoms with Gasteiger partial charge in [0.05, 0.1) is 0 Å². The lowest BCUT2D eigenvalue weighted by Crippen LogP contribution is -2.01. The van der Waals surface area contributed by atoms with E-state index in [-0.39, 0.29) is 12.4 Å². The van der Waals surface area contributed by atoms with Gasteiger partial charge in [-0.05, 0) is 48.9 Å². The largest absolute Gasteiger partial charge is 0.489 e. The molecule has 0 aliphatic heterocycles. The average molecular weight is 266 g/mol. The molecule has 0 spiro atoms. The number of hydrogen-bond donors (Lipinski definition) is 1. The lowest BCUT2D eigenvalue weighted by atomic mass is 10.2. The van der Waals surface area contributed by atoms with Gasteiger partial charge in [-0.3, -0.25) is 0 Å². The number of aryl methyl sites for hydroxylation is 1. The van der Waals surface area contributed by atoms with Crippen LogP contribution in [0.25, 0.3) is 0 Å². The van der Waals surface area contributed by atoms with Crippen molar-refractivity contribution in [3.05, 3.63) is 58.4 Å². The van der Waals surface area contributed by atoms with Gasteiger partial charge in [0, 0.05) is 16.3 Å². The number of halogens is 2. The van der Waals surface area contributed by atoms with Crippen LogP contribution in [-0.4, -0.2) is 0 Å². The Kier molecular flexibility index (Phi) is 3.72. The molecular formula is C14H13ClFNO. The number of rotatable bonds is 3. The van der Waals surface area contributed by atoms with Crippen LogP contribution in [0.5, 0.6) is 5.75 Å². The zero-order chi connectivity index (χ0) is 13.1. The van der Waals surface area contributed by atoms with Crippen LogP contribution in [0.1, 0.15) is 11.1 Å². The van der Waals surface area contributed by atoms with Crippen LogP contribution in [-0.2, 0) is 6.61 Å². The molecule has 2 rings (SSSR count). The Bertz CT molecular complexity index is 572. The molecule has 0 bridgehead atoms. The molecule has 0 saturated carbocycles. The van der Waals surface area contributed by atoms with Crippen molar-refractivity contribution in [2.24, 2.45) is 0 Å². The Morgan fingerprint density at radius 3 is 2.72 bits per heavy atom. The summed E-state index contributed by atoms with van der Waals surface area (Å²) in [7, 11) is 0. The van der Waals surface area contributed by atoms with Crippen molar-refractivity contribution in [2.45, 2.75) is 13.5 Å². The molecule has 0 radical (unpaired) electrons. The van der Waals surface area contributed by atoms with Crippen LogP contribution in [0.3, 0.4) is 0 Å². The maximum Gasteiger partial charge on any atom is 0.123 e. The van der Waals surface area contributed by atoms with Gasteiger partial charge in [-0.1, -0.05) is 11.6 Å². The van der Waals surface area contributed by atoms with Crippen LogP contribution >= 0.6 is 11.6 Å². The van der Waals surface area contributed by atoms with Crippen molar-refractivity contribution in [3.8, 4) is 5.75 Å². The Balaban J connectivity index is 2.13. The van der Waals surface area contributed by atoms with Gasteiger partial charge in [-0.15, -0.1) is 0 Å². The van der Waals surface area contributed by atoms with Gasteiger partial charge >= 0.3 is 0 Å². The highest BCUT2D eigenvalue weighted by Crippen LogP contribution is 2.23. The molecule has 0 aromatic heterocycles. The standard InChI is InChI=1S/C14H13ClFNO/c1-9-6-11(15)2-5-14(9)18-8-10-7-12(16)3-4-13(10)17/h2-7H,8,17H2,1H3. The van der Waals surface area contributed by atoms with Gasteiger partial charge in [-0.2, -0.15) is 0 Å². The van der Waals surface area contributed by atoms with Gasteiger partial charge in [0.25, 0.3) is 0 Å². The van der Waals surface area contributed by atoms with E-state index in [1.807, 2.05) is 13.0 Å². The summed E-state index contributed by atoms with van der Waals surface area (Å²) in [5.74, 6) is 0.388. The summed E-state index contributed by atoms with van der Waals surface area (Å²) in [5.41, 5.74) is 7.82. The van der Waals surface area contributed by atoms with Crippen molar-refractivity contribution in [2.75, 3.05) is 5.73 Å². The van der Waals surface area contributed by atoms with Crippen molar-refractivity contribution < 1.29 is 9.13 Å². The third kappa shape index (κ3) is 2.93. The van der Waals surface area contributed by atoms with Gasteiger partial charge < -0.3 is 10.5 Å². The second kappa shape index (κ2) is 5.27. The molecule has 0 amide bonds. The van der Waals surface area contributed by atoms with Crippen molar-refractivity contribution in [1.29, 1.82) is 0 Å². The topological polar surface area (TPSA) is 35.2 Å². The zero-order valence-electron chi connectivity index (χ0n) is 9.91. The van der Waals surface area contributed by atoms with Crippen LogP contribution in [0.2, 0.25) is 5.02 Å². The minimum absolute atomic E-state index is 0.228. The first-order chi connectivity index (χ1) is 8.56. The van der Waals surface area contributed by atoms with Gasteiger partial charge in [-0.25, -0.2) is 4.39 Å². The summed E-state index contributed by atoms with van der Waals surface area (Å²) in [6, 6.07) is 9.58. The van der Waals surface area contributed by atoms with E-state index in [9.17, 15) is 4.39 Å². The monoisotopic (exact) mass is 265 g/mol. The lowest BCUT2D eigenvalue weighted by Gasteiger charge is -2.11. The molecular weight excluding hydrogens is 253 g/mol. The van der Waals surface area contributed by atoms with Crippen molar-refractivity contribution in [1.82, 2.24) is 0 Å². The zero-order valence-corrected chi connectivity index (χ0v) is 10.7. The highest BCUT2D eigenvalue weighted by molar-refractivity contribution is 6.30. The third-order valence-corrected chi connectivity index (χ3v) is 2.86. The van der Waals surface area contributed by atoms with Crippen molar-refractivity contribution in [3.63, 3.8) is 0 Å². The van der Waals surface area contributed by atoms with E-state index in [2.05, 4.69) is 0 Å². The second-order valence-electron chi connectivity index (χ2n) is 4.04. The highest BCUT2D eigenvalue weighted by Gasteiger charge is 2.04. The fourth-order valence-electron chi connectivity index (χ4n) is 1.63. The smallest absolute Gasteiger partial charge is 0.123 e. The first-order valence-corrected chi connectivity index (χ1v) is 5.87. The molecule has 0 atom stereocenters. The second-order valence-corrected chi connectivity index (χ2v) is 4.48. The SMILES string of the molecule is Cc1cc(Cl)ccc1OCc1cc(F)ccc1N. The molecule has 0 unspecified atom stereocenters. The minimum atomic E-state index is -0.323. The summed E-state index contributed by atoms with van der Waals surface area (Å²) in [6.45, 7) is 2.13. The van der Waals surface area contributed by atoms with E-state index >= 15 is 0 Å². The molecule has 4 heteroatoms. The van der Waals surface area contributed by atoms with Crippen LogP contribution in [0.15, 0.2) is 36.4 Å². The van der Waals surface area contributed by atoms with E-state index in [4.69, 9.17) is 22.1 Å². The molecule has 2 aromatic rings. The van der Waals surface area contributed by atoms with E-state index in [1.165, 1.54) is 18.2 Å². The summed E-state index contributed by atoms with van der Waals surface area (Å²) in [4.78, 5) is 0. The first kappa shape index (κ1) is 12.7. The molecule has 18 heavy (non-hydrogen) atoms. The van der Waals surface area contributed by atoms with Gasteiger partial charge in [0.15, 0.2) is 0 Å². The summed E-state index contributed by atoms with van der Waals surface area (Å²) in [5, 5.41) is 0.658. The number of hydrogen-bond acceptors (Lipinski definition) is 2. The first-order valence-electron chi connectivity index (χ1n) is 5.49. The number of ether oxygens (including phenoxy) is 1. The van der Waals surface area contributed by atoms with E-state index < -0.39 is 0 Å². The Labute approximate surface area is 110 Å². The molecule has 0 saturated heterocycles. The quantitative estimate of drug-likeness (QED) is 0.853. The predicted octanol–water partition coefficient (Wildman–Crippen LogP) is 3.95. The highest BCUT2D eigenvalue weighted by atomic mass is 35.5. The summed E-state index contributed by atoms with van der Waals surface area (Å²) in [6.07, 6.45) is 0. The number of nitrogen functional groups attached to an aromatic ring is 1. The maximum atomic E-state index is 13.1. The molecule has 0 aliphatic rings. The lowest BCUT2D eigenvalue weighted by molar-refractivity contribution is 0.304. The molecule has 0 fully saturated rings. The average Bonchev–Trinajstić information content (AvgIpc) is 2.32. The summed E-state index contributed by atoms with van der Waals surface area (Å²) < 4.78 is 18.7. The molecule has 2 nitrogen and oxygen atoms in total. The Hall–Kier alpha value is -1.74. The van der Waals surface area contributed by atoms with Crippen LogP contribution in [0.4, 0.5) is 10.1 Å². The summed E-state index contributed by atoms with van der Waals surface area (Å²) >= 11 is 5.85. The Morgan fingerprint density at radius 2 is 2.00 bits per heavy atom. The Morgan fingerprint density at radius 1 is 1.22 bits per heavy atom. The fourth-order valence-corrected chi connectivity index (χ4v) is 1.86. The number of anilines is 1. The normalized spacial score (nSPS) is 10.4. The molecule has 0 aliphatic carbocycles. The molecule has 2 aromatic carbocycles. The maximum absolute atomic E-state index is 13.1. The fraction of sp³-hybridized carbons (Fsp3) is 0.143. The number of benzene rings is 2. The van der Waals surface area contributed by atoms with Gasteiger partial charge in [0.2, 0.25) is 0 Å². The molecule has 94 valence electrons. The van der Waals surface area contributed by atoms with E-state index in [0.717, 1.165) is 5.56 Å². The third-order valence-electron chi connectivity index (χ3n) is 2.63. The van der Waals surface area contributed by atoms with E-state index in [1.54, 1.807) is 12.1 Å².